The summed E-state index contributed by atoms with van der Waals surface area (Å²) in [4.78, 5) is 16.2. The van der Waals surface area contributed by atoms with Crippen molar-refractivity contribution in [3.05, 3.63) is 77.3 Å². The minimum Gasteiger partial charge on any atom is -0.490 e. The lowest BCUT2D eigenvalue weighted by Crippen LogP contribution is -2.32. The van der Waals surface area contributed by atoms with Crippen molar-refractivity contribution in [1.29, 1.82) is 0 Å². The van der Waals surface area contributed by atoms with Crippen LogP contribution in [0.2, 0.25) is 5.02 Å². The highest BCUT2D eigenvalue weighted by atomic mass is 35.5. The van der Waals surface area contributed by atoms with Crippen molar-refractivity contribution >= 4 is 44.6 Å². The molecule has 1 amide bonds. The Bertz CT molecular complexity index is 1360. The Morgan fingerprint density at radius 2 is 1.83 bits per heavy atom. The maximum atomic E-state index is 14.0. The first kappa shape index (κ1) is 23.5. The van der Waals surface area contributed by atoms with E-state index in [4.69, 9.17) is 16.3 Å². The lowest BCUT2D eigenvalue weighted by atomic mass is 10.2. The number of hydrogen-bond acceptors (Lipinski definition) is 5. The third-order valence-corrected chi connectivity index (χ3v) is 8.38. The van der Waals surface area contributed by atoms with E-state index in [0.29, 0.717) is 41.7 Å². The van der Waals surface area contributed by atoms with E-state index in [1.54, 1.807) is 53.4 Å². The van der Waals surface area contributed by atoms with Crippen LogP contribution in [-0.2, 0) is 21.4 Å². The number of rotatable bonds is 6. The Balaban J connectivity index is 1.57. The Labute approximate surface area is 210 Å². The van der Waals surface area contributed by atoms with Gasteiger partial charge in [0.15, 0.2) is 0 Å². The Morgan fingerprint density at radius 3 is 2.57 bits per heavy atom. The fourth-order valence-electron chi connectivity index (χ4n) is 4.43. The molecule has 35 heavy (non-hydrogen) atoms. The largest absolute Gasteiger partial charge is 0.490 e. The molecule has 0 saturated carbocycles. The van der Waals surface area contributed by atoms with Crippen molar-refractivity contribution < 1.29 is 17.9 Å². The van der Waals surface area contributed by atoms with Gasteiger partial charge < -0.3 is 14.5 Å². The maximum Gasteiger partial charge on any atom is 0.264 e. The van der Waals surface area contributed by atoms with Gasteiger partial charge in [-0.2, -0.15) is 0 Å². The van der Waals surface area contributed by atoms with E-state index in [-0.39, 0.29) is 17.3 Å². The van der Waals surface area contributed by atoms with E-state index in [0.717, 1.165) is 24.2 Å². The van der Waals surface area contributed by atoms with E-state index < -0.39 is 10.0 Å². The molecule has 2 aliphatic rings. The molecule has 0 bridgehead atoms. The molecule has 0 aliphatic carbocycles. The van der Waals surface area contributed by atoms with Crippen molar-refractivity contribution in [2.24, 2.45) is 0 Å². The van der Waals surface area contributed by atoms with Gasteiger partial charge in [0, 0.05) is 36.8 Å². The molecule has 9 heteroatoms. The summed E-state index contributed by atoms with van der Waals surface area (Å²) in [7, 11) is -2.02. The average molecular weight is 512 g/mol. The minimum absolute atomic E-state index is 0.0465. The lowest BCUT2D eigenvalue weighted by molar-refractivity contribution is -0.117. The molecule has 3 aromatic rings. The topological polar surface area (TPSA) is 70.2 Å². The first-order valence-electron chi connectivity index (χ1n) is 11.5. The highest BCUT2D eigenvalue weighted by molar-refractivity contribution is 7.92. The molecule has 0 atom stereocenters. The first-order valence-corrected chi connectivity index (χ1v) is 13.3. The van der Waals surface area contributed by atoms with Gasteiger partial charge in [0.25, 0.3) is 10.0 Å². The zero-order valence-electron chi connectivity index (χ0n) is 19.4. The number of carbonyl (C=O) groups is 1. The van der Waals surface area contributed by atoms with Gasteiger partial charge in [-0.3, -0.25) is 9.10 Å². The quantitative estimate of drug-likeness (QED) is 0.480. The average Bonchev–Trinajstić information content (AvgIpc) is 3.29. The summed E-state index contributed by atoms with van der Waals surface area (Å²) in [6, 6.07) is 19.2. The van der Waals surface area contributed by atoms with Gasteiger partial charge in [0.05, 0.1) is 29.4 Å². The monoisotopic (exact) mass is 511 g/mol. The van der Waals surface area contributed by atoms with Gasteiger partial charge in [0.2, 0.25) is 5.91 Å². The third-order valence-electron chi connectivity index (χ3n) is 6.36. The fourth-order valence-corrected chi connectivity index (χ4v) is 6.02. The zero-order chi connectivity index (χ0) is 24.6. The highest BCUT2D eigenvalue weighted by Gasteiger charge is 2.29. The Kier molecular flexibility index (Phi) is 6.34. The third kappa shape index (κ3) is 4.68. The van der Waals surface area contributed by atoms with Crippen LogP contribution in [0.1, 0.15) is 18.4 Å². The van der Waals surface area contributed by atoms with Crippen LogP contribution < -0.4 is 18.8 Å². The van der Waals surface area contributed by atoms with Gasteiger partial charge in [-0.05, 0) is 54.4 Å². The summed E-state index contributed by atoms with van der Waals surface area (Å²) in [6.07, 6.45) is 1.29. The van der Waals surface area contributed by atoms with Crippen molar-refractivity contribution in [2.45, 2.75) is 24.3 Å². The predicted octanol–water partition coefficient (Wildman–Crippen LogP) is 4.69. The number of benzene rings is 3. The number of fused-ring (bicyclic) bond motifs is 1. The molecule has 0 N–H and O–H groups in total. The minimum atomic E-state index is -3.97. The standard InChI is InChI=1S/C26H26ClN3O4S/c1-28-14-15-34-25-17-23(11-12-24(25)28)35(32,33)30(18-19-7-9-20(27)10-8-19)22-5-2-4-21(16-22)29-13-3-6-26(29)31/h2,4-5,7-12,16-17H,3,6,13-15,18H2,1H3. The second-order valence-electron chi connectivity index (χ2n) is 8.71. The summed E-state index contributed by atoms with van der Waals surface area (Å²) in [6.45, 7) is 1.97. The number of amides is 1. The fraction of sp³-hybridized carbons (Fsp3) is 0.269. The number of carbonyl (C=O) groups excluding carboxylic acids is 1. The molecule has 0 aromatic heterocycles. The van der Waals surface area contributed by atoms with Crippen LogP contribution in [0, 0.1) is 0 Å². The highest BCUT2D eigenvalue weighted by Crippen LogP contribution is 2.36. The van der Waals surface area contributed by atoms with E-state index in [2.05, 4.69) is 0 Å². The second kappa shape index (κ2) is 9.43. The van der Waals surface area contributed by atoms with Crippen molar-refractivity contribution in [2.75, 3.05) is 40.8 Å². The molecular formula is C26H26ClN3O4S. The van der Waals surface area contributed by atoms with Gasteiger partial charge >= 0.3 is 0 Å². The maximum absolute atomic E-state index is 14.0. The van der Waals surface area contributed by atoms with Crippen molar-refractivity contribution in [1.82, 2.24) is 0 Å². The Morgan fingerprint density at radius 1 is 1.03 bits per heavy atom. The number of anilines is 3. The number of nitrogens with zero attached hydrogens (tertiary/aromatic N) is 3. The molecule has 1 saturated heterocycles. The summed E-state index contributed by atoms with van der Waals surface area (Å²) >= 11 is 6.05. The normalized spacial score (nSPS) is 15.7. The molecule has 0 spiro atoms. The molecular weight excluding hydrogens is 486 g/mol. The predicted molar refractivity (Wildman–Crippen MR) is 138 cm³/mol. The second-order valence-corrected chi connectivity index (χ2v) is 11.0. The number of sulfonamides is 1. The van der Waals surface area contributed by atoms with Crippen LogP contribution in [0.25, 0.3) is 0 Å². The number of likely N-dealkylation sites (N-methyl/N-ethyl adjacent to an activating group) is 1. The van der Waals surface area contributed by atoms with Crippen LogP contribution in [-0.4, -0.2) is 41.1 Å². The SMILES string of the molecule is CN1CCOc2cc(S(=O)(=O)N(Cc3ccc(Cl)cc3)c3cccc(N4CCCC4=O)c3)ccc21. The molecule has 2 aliphatic heterocycles. The summed E-state index contributed by atoms with van der Waals surface area (Å²) < 4.78 is 35.2. The molecule has 1 fully saturated rings. The lowest BCUT2D eigenvalue weighted by Gasteiger charge is -2.29. The van der Waals surface area contributed by atoms with Crippen molar-refractivity contribution in [3.63, 3.8) is 0 Å². The summed E-state index contributed by atoms with van der Waals surface area (Å²) in [5.41, 5.74) is 2.81. The number of hydrogen-bond donors (Lipinski definition) is 0. The van der Waals surface area contributed by atoms with Gasteiger partial charge in [-0.25, -0.2) is 8.42 Å². The first-order chi connectivity index (χ1) is 16.8. The van der Waals surface area contributed by atoms with Crippen LogP contribution in [0.15, 0.2) is 71.6 Å². The van der Waals surface area contributed by atoms with E-state index >= 15 is 0 Å². The molecule has 0 radical (unpaired) electrons. The molecule has 182 valence electrons. The van der Waals surface area contributed by atoms with Gasteiger partial charge in [0.1, 0.15) is 12.4 Å². The molecule has 5 rings (SSSR count). The molecule has 7 nitrogen and oxygen atoms in total. The van der Waals surface area contributed by atoms with Crippen LogP contribution >= 0.6 is 11.6 Å². The molecule has 3 aromatic carbocycles. The molecule has 2 heterocycles. The summed E-state index contributed by atoms with van der Waals surface area (Å²) in [5.74, 6) is 0.591. The zero-order valence-corrected chi connectivity index (χ0v) is 20.9. The van der Waals surface area contributed by atoms with Crippen LogP contribution in [0.5, 0.6) is 5.75 Å². The van der Waals surface area contributed by atoms with Crippen LogP contribution in [0.4, 0.5) is 17.1 Å². The molecule has 0 unspecified atom stereocenters. The van der Waals surface area contributed by atoms with E-state index in [1.807, 2.05) is 30.1 Å². The van der Waals surface area contributed by atoms with E-state index in [1.165, 1.54) is 4.31 Å². The van der Waals surface area contributed by atoms with Crippen molar-refractivity contribution in [3.8, 4) is 5.75 Å². The van der Waals surface area contributed by atoms with Gasteiger partial charge in [-0.15, -0.1) is 0 Å². The van der Waals surface area contributed by atoms with Gasteiger partial charge in [-0.1, -0.05) is 29.8 Å². The van der Waals surface area contributed by atoms with E-state index in [9.17, 15) is 13.2 Å². The summed E-state index contributed by atoms with van der Waals surface area (Å²) in [5, 5.41) is 0.577. The smallest absolute Gasteiger partial charge is 0.264 e. The number of halogens is 1. The van der Waals surface area contributed by atoms with Crippen LogP contribution in [0.3, 0.4) is 0 Å². The Hall–Kier alpha value is -3.23. The number of ether oxygens (including phenoxy) is 1.